The molecule has 0 atom stereocenters. The number of likely N-dealkylation sites (tertiary alicyclic amines) is 1. The van der Waals surface area contributed by atoms with Crippen molar-refractivity contribution in [2.24, 2.45) is 4.99 Å². The van der Waals surface area contributed by atoms with E-state index in [1.165, 1.54) is 38.8 Å². The summed E-state index contributed by atoms with van der Waals surface area (Å²) in [5, 5.41) is 9.22. The molecule has 7 heteroatoms. The highest BCUT2D eigenvalue weighted by molar-refractivity contribution is 5.79. The number of carbonyl (C=O) groups excluding carboxylic acids is 1. The molecule has 1 heterocycles. The van der Waals surface area contributed by atoms with E-state index in [0.29, 0.717) is 13.1 Å². The Bertz CT molecular complexity index is 385. The number of hydrogen-bond donors (Lipinski definition) is 3. The van der Waals surface area contributed by atoms with Crippen LogP contribution in [0.2, 0.25) is 0 Å². The quantitative estimate of drug-likeness (QED) is 0.388. The number of alkyl carbamates (subject to hydrolysis) is 1. The van der Waals surface area contributed by atoms with Crippen LogP contribution >= 0.6 is 0 Å². The van der Waals surface area contributed by atoms with Crippen molar-refractivity contribution in [2.45, 2.75) is 52.1 Å². The zero-order chi connectivity index (χ0) is 17.8. The number of carbonyl (C=O) groups is 1. The van der Waals surface area contributed by atoms with E-state index < -0.39 is 11.7 Å². The highest BCUT2D eigenvalue weighted by Crippen LogP contribution is 2.08. The summed E-state index contributed by atoms with van der Waals surface area (Å²) in [7, 11) is 1.75. The number of ether oxygens (including phenoxy) is 1. The van der Waals surface area contributed by atoms with E-state index in [9.17, 15) is 4.79 Å². The molecule has 24 heavy (non-hydrogen) atoms. The van der Waals surface area contributed by atoms with Gasteiger partial charge in [-0.2, -0.15) is 0 Å². The number of nitrogens with zero attached hydrogens (tertiary/aromatic N) is 2. The number of aliphatic imine (C=N–C) groups is 1. The van der Waals surface area contributed by atoms with E-state index in [-0.39, 0.29) is 0 Å². The lowest BCUT2D eigenvalue weighted by molar-refractivity contribution is 0.0529. The molecular formula is C17H35N5O2. The van der Waals surface area contributed by atoms with Crippen molar-refractivity contribution in [2.75, 3.05) is 46.3 Å². The smallest absolute Gasteiger partial charge is 0.407 e. The third kappa shape index (κ3) is 10.3. The average molecular weight is 342 g/mol. The van der Waals surface area contributed by atoms with Crippen molar-refractivity contribution in [1.82, 2.24) is 20.9 Å². The van der Waals surface area contributed by atoms with Gasteiger partial charge in [0.05, 0.1) is 0 Å². The molecule has 1 saturated heterocycles. The average Bonchev–Trinajstić information content (AvgIpc) is 2.76. The van der Waals surface area contributed by atoms with Crippen LogP contribution in [-0.4, -0.2) is 68.9 Å². The molecule has 0 bridgehead atoms. The van der Waals surface area contributed by atoms with E-state index in [4.69, 9.17) is 4.74 Å². The lowest BCUT2D eigenvalue weighted by atomic mass is 10.2. The summed E-state index contributed by atoms with van der Waals surface area (Å²) in [5.74, 6) is 0.760. The first-order chi connectivity index (χ1) is 11.4. The van der Waals surface area contributed by atoms with Crippen molar-refractivity contribution < 1.29 is 9.53 Å². The zero-order valence-corrected chi connectivity index (χ0v) is 15.8. The fraction of sp³-hybridized carbons (Fsp3) is 0.882. The van der Waals surface area contributed by atoms with Gasteiger partial charge in [0.1, 0.15) is 5.60 Å². The highest BCUT2D eigenvalue weighted by atomic mass is 16.6. The van der Waals surface area contributed by atoms with Crippen LogP contribution < -0.4 is 16.0 Å². The molecule has 0 aromatic rings. The molecule has 1 rings (SSSR count). The predicted molar refractivity (Wildman–Crippen MR) is 98.5 cm³/mol. The van der Waals surface area contributed by atoms with E-state index in [1.54, 1.807) is 7.05 Å². The molecule has 0 aromatic heterocycles. The van der Waals surface area contributed by atoms with Gasteiger partial charge in [-0.05, 0) is 46.7 Å². The van der Waals surface area contributed by atoms with Crippen LogP contribution in [0.3, 0.4) is 0 Å². The minimum Gasteiger partial charge on any atom is -0.444 e. The molecular weight excluding hydrogens is 306 g/mol. The molecule has 140 valence electrons. The molecule has 7 nitrogen and oxygen atoms in total. The van der Waals surface area contributed by atoms with Gasteiger partial charge >= 0.3 is 6.09 Å². The second-order valence-electron chi connectivity index (χ2n) is 7.11. The molecule has 1 aliphatic heterocycles. The van der Waals surface area contributed by atoms with E-state index in [2.05, 4.69) is 25.8 Å². The molecule has 0 radical (unpaired) electrons. The number of hydrogen-bond acceptors (Lipinski definition) is 4. The summed E-state index contributed by atoms with van der Waals surface area (Å²) in [4.78, 5) is 18.2. The molecule has 0 unspecified atom stereocenters. The molecule has 1 fully saturated rings. The second kappa shape index (κ2) is 11.1. The maximum atomic E-state index is 11.5. The van der Waals surface area contributed by atoms with Crippen LogP contribution in [0.4, 0.5) is 4.79 Å². The van der Waals surface area contributed by atoms with Crippen molar-refractivity contribution in [3.8, 4) is 0 Å². The van der Waals surface area contributed by atoms with Crippen LogP contribution in [-0.2, 0) is 4.74 Å². The number of amides is 1. The Hall–Kier alpha value is -1.50. The first-order valence-corrected chi connectivity index (χ1v) is 9.04. The number of guanidine groups is 1. The summed E-state index contributed by atoms with van der Waals surface area (Å²) >= 11 is 0. The molecule has 0 saturated carbocycles. The summed E-state index contributed by atoms with van der Waals surface area (Å²) in [6.45, 7) is 10.9. The van der Waals surface area contributed by atoms with Crippen molar-refractivity contribution in [1.29, 1.82) is 0 Å². The Morgan fingerprint density at radius 2 is 1.58 bits per heavy atom. The minimum atomic E-state index is -0.470. The minimum absolute atomic E-state index is 0.395. The molecule has 0 aromatic carbocycles. The van der Waals surface area contributed by atoms with Gasteiger partial charge in [0, 0.05) is 33.2 Å². The molecule has 1 amide bonds. The first-order valence-electron chi connectivity index (χ1n) is 9.04. The fourth-order valence-corrected chi connectivity index (χ4v) is 2.57. The zero-order valence-electron chi connectivity index (χ0n) is 15.8. The number of rotatable bonds is 6. The van der Waals surface area contributed by atoms with Gasteiger partial charge in [-0.3, -0.25) is 4.99 Å². The van der Waals surface area contributed by atoms with E-state index >= 15 is 0 Å². The van der Waals surface area contributed by atoms with Gasteiger partial charge in [-0.15, -0.1) is 0 Å². The lowest BCUT2D eigenvalue weighted by Gasteiger charge is -2.21. The summed E-state index contributed by atoms with van der Waals surface area (Å²) in [6, 6.07) is 0. The van der Waals surface area contributed by atoms with E-state index in [1.807, 2.05) is 20.8 Å². The van der Waals surface area contributed by atoms with Gasteiger partial charge < -0.3 is 25.6 Å². The number of nitrogens with one attached hydrogen (secondary N) is 3. The normalized spacial score (nSPS) is 17.1. The summed E-state index contributed by atoms with van der Waals surface area (Å²) < 4.78 is 5.18. The van der Waals surface area contributed by atoms with Crippen molar-refractivity contribution in [3.05, 3.63) is 0 Å². The van der Waals surface area contributed by atoms with E-state index in [0.717, 1.165) is 19.0 Å². The Morgan fingerprint density at radius 1 is 1.00 bits per heavy atom. The predicted octanol–water partition coefficient (Wildman–Crippen LogP) is 1.55. The molecule has 0 spiro atoms. The summed E-state index contributed by atoms with van der Waals surface area (Å²) in [6.07, 6.45) is 4.94. The SMILES string of the molecule is CN=C(NCCNC(=O)OC(C)(C)C)NCCN1CCCCCC1. The van der Waals surface area contributed by atoms with Crippen LogP contribution in [0.5, 0.6) is 0 Å². The Labute approximate surface area is 146 Å². The van der Waals surface area contributed by atoms with Gasteiger partial charge in [-0.1, -0.05) is 12.8 Å². The largest absolute Gasteiger partial charge is 0.444 e. The maximum absolute atomic E-state index is 11.5. The van der Waals surface area contributed by atoms with Crippen molar-refractivity contribution in [3.63, 3.8) is 0 Å². The summed E-state index contributed by atoms with van der Waals surface area (Å²) in [5.41, 5.74) is -0.470. The highest BCUT2D eigenvalue weighted by Gasteiger charge is 2.15. The van der Waals surface area contributed by atoms with Gasteiger partial charge in [0.2, 0.25) is 0 Å². The van der Waals surface area contributed by atoms with Crippen LogP contribution in [0.1, 0.15) is 46.5 Å². The maximum Gasteiger partial charge on any atom is 0.407 e. The monoisotopic (exact) mass is 341 g/mol. The van der Waals surface area contributed by atoms with Crippen LogP contribution in [0, 0.1) is 0 Å². The molecule has 3 N–H and O–H groups in total. The van der Waals surface area contributed by atoms with Crippen LogP contribution in [0.25, 0.3) is 0 Å². The lowest BCUT2D eigenvalue weighted by Crippen LogP contribution is -2.44. The topological polar surface area (TPSA) is 78.0 Å². The third-order valence-corrected chi connectivity index (χ3v) is 3.73. The van der Waals surface area contributed by atoms with Gasteiger partial charge in [0.15, 0.2) is 5.96 Å². The first kappa shape index (κ1) is 20.5. The second-order valence-corrected chi connectivity index (χ2v) is 7.11. The standard InChI is InChI=1S/C17H35N5O2/c1-17(2,3)24-16(23)21-10-9-19-15(18-4)20-11-14-22-12-7-5-6-8-13-22/h5-14H2,1-4H3,(H,21,23)(H2,18,19,20). The Morgan fingerprint density at radius 3 is 2.17 bits per heavy atom. The third-order valence-electron chi connectivity index (χ3n) is 3.73. The van der Waals surface area contributed by atoms with Crippen molar-refractivity contribution >= 4 is 12.1 Å². The van der Waals surface area contributed by atoms with Gasteiger partial charge in [0.25, 0.3) is 0 Å². The fourth-order valence-electron chi connectivity index (χ4n) is 2.57. The van der Waals surface area contributed by atoms with Gasteiger partial charge in [-0.25, -0.2) is 4.79 Å². The Kier molecular flexibility index (Phi) is 9.52. The Balaban J connectivity index is 2.11. The van der Waals surface area contributed by atoms with Crippen LogP contribution in [0.15, 0.2) is 4.99 Å². The molecule has 0 aliphatic carbocycles. The molecule has 1 aliphatic rings.